The molecule has 1 aliphatic rings. The lowest BCUT2D eigenvalue weighted by molar-refractivity contribution is -0.141. The molecule has 1 aromatic carbocycles. The normalized spacial score (nSPS) is 17.8. The second kappa shape index (κ2) is 5.95. The molecule has 1 atom stereocenters. The van der Waals surface area contributed by atoms with E-state index in [1.807, 2.05) is 37.4 Å². The molecule has 0 N–H and O–H groups in total. The van der Waals surface area contributed by atoms with Crippen LogP contribution in [-0.4, -0.2) is 33.7 Å². The van der Waals surface area contributed by atoms with Crippen LogP contribution in [0.3, 0.4) is 0 Å². The average molecular weight is 287 g/mol. The van der Waals surface area contributed by atoms with E-state index in [4.69, 9.17) is 9.47 Å². The first-order chi connectivity index (χ1) is 10.2. The SMILES string of the molecule is CCOc1ccc(-c2cn(C[C@H]3CCC(=O)O3)nn2)cc1. The smallest absolute Gasteiger partial charge is 0.306 e. The summed E-state index contributed by atoms with van der Waals surface area (Å²) in [5.74, 6) is 0.707. The number of esters is 1. The van der Waals surface area contributed by atoms with Crippen molar-refractivity contribution in [2.45, 2.75) is 32.4 Å². The Bertz CT molecular complexity index is 621. The topological polar surface area (TPSA) is 66.2 Å². The second-order valence-electron chi connectivity index (χ2n) is 4.93. The monoisotopic (exact) mass is 287 g/mol. The summed E-state index contributed by atoms with van der Waals surface area (Å²) in [4.78, 5) is 11.1. The fourth-order valence-corrected chi connectivity index (χ4v) is 2.33. The minimum Gasteiger partial charge on any atom is -0.494 e. The maximum atomic E-state index is 11.1. The van der Waals surface area contributed by atoms with Gasteiger partial charge in [0.15, 0.2) is 0 Å². The molecule has 0 bridgehead atoms. The van der Waals surface area contributed by atoms with Gasteiger partial charge in [-0.2, -0.15) is 0 Å². The van der Waals surface area contributed by atoms with Crippen LogP contribution in [-0.2, 0) is 16.1 Å². The largest absolute Gasteiger partial charge is 0.494 e. The first kappa shape index (κ1) is 13.6. The van der Waals surface area contributed by atoms with Crippen molar-refractivity contribution in [3.63, 3.8) is 0 Å². The summed E-state index contributed by atoms with van der Waals surface area (Å²) in [7, 11) is 0. The van der Waals surface area contributed by atoms with Crippen molar-refractivity contribution < 1.29 is 14.3 Å². The number of aromatic nitrogens is 3. The molecule has 2 heterocycles. The molecule has 110 valence electrons. The van der Waals surface area contributed by atoms with Gasteiger partial charge < -0.3 is 9.47 Å². The molecule has 1 fully saturated rings. The molecule has 6 heteroatoms. The standard InChI is InChI=1S/C15H17N3O3/c1-2-20-12-5-3-11(4-6-12)14-10-18(17-16-14)9-13-7-8-15(19)21-13/h3-6,10,13H,2,7-9H2,1H3/t13-/m1/s1. The van der Waals surface area contributed by atoms with E-state index in [-0.39, 0.29) is 12.1 Å². The fraction of sp³-hybridized carbons (Fsp3) is 0.400. The predicted octanol–water partition coefficient (Wildman–Crippen LogP) is 2.05. The zero-order valence-corrected chi connectivity index (χ0v) is 11.9. The highest BCUT2D eigenvalue weighted by Crippen LogP contribution is 2.21. The summed E-state index contributed by atoms with van der Waals surface area (Å²) in [5, 5.41) is 8.24. The average Bonchev–Trinajstić information content (AvgIpc) is 3.10. The van der Waals surface area contributed by atoms with E-state index in [0.717, 1.165) is 23.4 Å². The minimum absolute atomic E-state index is 0.0904. The summed E-state index contributed by atoms with van der Waals surface area (Å²) in [6.07, 6.45) is 3.01. The number of carbonyl (C=O) groups is 1. The maximum absolute atomic E-state index is 11.1. The Kier molecular flexibility index (Phi) is 3.85. The lowest BCUT2D eigenvalue weighted by Crippen LogP contribution is -2.16. The summed E-state index contributed by atoms with van der Waals surface area (Å²) in [6, 6.07) is 7.73. The Morgan fingerprint density at radius 2 is 2.19 bits per heavy atom. The zero-order chi connectivity index (χ0) is 14.7. The van der Waals surface area contributed by atoms with E-state index in [1.54, 1.807) is 4.68 Å². The van der Waals surface area contributed by atoms with Crippen LogP contribution in [0.25, 0.3) is 11.3 Å². The van der Waals surface area contributed by atoms with Crippen molar-refractivity contribution in [2.24, 2.45) is 0 Å². The number of benzene rings is 1. The van der Waals surface area contributed by atoms with Gasteiger partial charge in [-0.05, 0) is 37.6 Å². The Balaban J connectivity index is 1.67. The van der Waals surface area contributed by atoms with Gasteiger partial charge in [0.2, 0.25) is 0 Å². The molecular formula is C15H17N3O3. The van der Waals surface area contributed by atoms with Crippen LogP contribution < -0.4 is 4.74 Å². The quantitative estimate of drug-likeness (QED) is 0.787. The highest BCUT2D eigenvalue weighted by molar-refractivity contribution is 5.71. The summed E-state index contributed by atoms with van der Waals surface area (Å²) in [5.41, 5.74) is 1.77. The summed E-state index contributed by atoms with van der Waals surface area (Å²) >= 11 is 0. The van der Waals surface area contributed by atoms with Gasteiger partial charge in [-0.3, -0.25) is 4.79 Å². The molecule has 2 aromatic rings. The van der Waals surface area contributed by atoms with Crippen molar-refractivity contribution in [1.82, 2.24) is 15.0 Å². The van der Waals surface area contributed by atoms with Crippen molar-refractivity contribution in [3.8, 4) is 17.0 Å². The fourth-order valence-electron chi connectivity index (χ4n) is 2.33. The molecule has 1 saturated heterocycles. The molecule has 0 aliphatic carbocycles. The van der Waals surface area contributed by atoms with Gasteiger partial charge in [0, 0.05) is 12.0 Å². The van der Waals surface area contributed by atoms with Crippen molar-refractivity contribution in [3.05, 3.63) is 30.5 Å². The number of rotatable bonds is 5. The first-order valence-electron chi connectivity index (χ1n) is 7.07. The Labute approximate surface area is 122 Å². The van der Waals surface area contributed by atoms with Crippen LogP contribution in [0.15, 0.2) is 30.5 Å². The van der Waals surface area contributed by atoms with Gasteiger partial charge >= 0.3 is 5.97 Å². The van der Waals surface area contributed by atoms with Gasteiger partial charge in [0.25, 0.3) is 0 Å². The van der Waals surface area contributed by atoms with Crippen LogP contribution in [0.1, 0.15) is 19.8 Å². The van der Waals surface area contributed by atoms with Crippen LogP contribution in [0, 0.1) is 0 Å². The highest BCUT2D eigenvalue weighted by Gasteiger charge is 2.24. The zero-order valence-electron chi connectivity index (χ0n) is 11.9. The van der Waals surface area contributed by atoms with Crippen molar-refractivity contribution in [2.75, 3.05) is 6.61 Å². The van der Waals surface area contributed by atoms with Gasteiger partial charge in [-0.25, -0.2) is 4.68 Å². The molecule has 0 radical (unpaired) electrons. The van der Waals surface area contributed by atoms with Gasteiger partial charge in [0.05, 0.1) is 19.3 Å². The van der Waals surface area contributed by atoms with E-state index in [1.165, 1.54) is 0 Å². The van der Waals surface area contributed by atoms with E-state index >= 15 is 0 Å². The van der Waals surface area contributed by atoms with Crippen LogP contribution in [0.2, 0.25) is 0 Å². The number of cyclic esters (lactones) is 1. The molecule has 0 spiro atoms. The lowest BCUT2D eigenvalue weighted by atomic mass is 10.1. The number of carbonyl (C=O) groups excluding carboxylic acids is 1. The highest BCUT2D eigenvalue weighted by atomic mass is 16.5. The summed E-state index contributed by atoms with van der Waals surface area (Å²) < 4.78 is 12.3. The number of hydrogen-bond acceptors (Lipinski definition) is 5. The third kappa shape index (κ3) is 3.21. The maximum Gasteiger partial charge on any atom is 0.306 e. The third-order valence-corrected chi connectivity index (χ3v) is 3.36. The van der Waals surface area contributed by atoms with Crippen LogP contribution >= 0.6 is 0 Å². The van der Waals surface area contributed by atoms with E-state index in [9.17, 15) is 4.79 Å². The van der Waals surface area contributed by atoms with Crippen LogP contribution in [0.4, 0.5) is 0 Å². The third-order valence-electron chi connectivity index (χ3n) is 3.36. The van der Waals surface area contributed by atoms with Gasteiger partial charge in [-0.1, -0.05) is 5.21 Å². The Morgan fingerprint density at radius 3 is 2.86 bits per heavy atom. The number of ether oxygens (including phenoxy) is 2. The lowest BCUT2D eigenvalue weighted by Gasteiger charge is -2.07. The summed E-state index contributed by atoms with van der Waals surface area (Å²) in [6.45, 7) is 3.15. The predicted molar refractivity (Wildman–Crippen MR) is 75.7 cm³/mol. The molecule has 0 saturated carbocycles. The molecule has 21 heavy (non-hydrogen) atoms. The van der Waals surface area contributed by atoms with Crippen molar-refractivity contribution >= 4 is 5.97 Å². The molecular weight excluding hydrogens is 270 g/mol. The first-order valence-corrected chi connectivity index (χ1v) is 7.07. The molecule has 3 rings (SSSR count). The minimum atomic E-state index is -0.133. The van der Waals surface area contributed by atoms with Gasteiger partial charge in [-0.15, -0.1) is 5.10 Å². The number of nitrogens with zero attached hydrogens (tertiary/aromatic N) is 3. The molecule has 0 unspecified atom stereocenters. The van der Waals surface area contributed by atoms with Gasteiger partial charge in [0.1, 0.15) is 17.5 Å². The van der Waals surface area contributed by atoms with E-state index in [0.29, 0.717) is 19.6 Å². The second-order valence-corrected chi connectivity index (χ2v) is 4.93. The number of hydrogen-bond donors (Lipinski definition) is 0. The van der Waals surface area contributed by atoms with Crippen molar-refractivity contribution in [1.29, 1.82) is 0 Å². The molecule has 6 nitrogen and oxygen atoms in total. The molecule has 1 aromatic heterocycles. The van der Waals surface area contributed by atoms with E-state index in [2.05, 4.69) is 10.3 Å². The van der Waals surface area contributed by atoms with E-state index < -0.39 is 0 Å². The molecule has 0 amide bonds. The van der Waals surface area contributed by atoms with Crippen LogP contribution in [0.5, 0.6) is 5.75 Å². The Morgan fingerprint density at radius 1 is 1.38 bits per heavy atom. The Hall–Kier alpha value is -2.37. The molecule has 1 aliphatic heterocycles.